The van der Waals surface area contributed by atoms with Crippen LogP contribution in [0.3, 0.4) is 0 Å². The van der Waals surface area contributed by atoms with Crippen LogP contribution in [-0.4, -0.2) is 29.5 Å². The van der Waals surface area contributed by atoms with Crippen molar-refractivity contribution in [3.63, 3.8) is 0 Å². The molecule has 4 nitrogen and oxygen atoms in total. The zero-order valence-corrected chi connectivity index (χ0v) is 16.3. The average Bonchev–Trinajstić information content (AvgIpc) is 3.09. The molecule has 29 heavy (non-hydrogen) atoms. The van der Waals surface area contributed by atoms with Crippen LogP contribution in [0.25, 0.3) is 11.8 Å². The van der Waals surface area contributed by atoms with E-state index < -0.39 is 17.7 Å². The molecule has 2 aliphatic rings. The number of hydrogen-bond acceptors (Lipinski definition) is 3. The van der Waals surface area contributed by atoms with Gasteiger partial charge in [0.25, 0.3) is 0 Å². The van der Waals surface area contributed by atoms with Gasteiger partial charge in [0, 0.05) is 29.8 Å². The lowest BCUT2D eigenvalue weighted by Gasteiger charge is -2.17. The predicted molar refractivity (Wildman–Crippen MR) is 105 cm³/mol. The third kappa shape index (κ3) is 3.64. The van der Waals surface area contributed by atoms with E-state index in [-0.39, 0.29) is 0 Å². The molecule has 2 heterocycles. The minimum absolute atomic E-state index is 0.425. The number of ether oxygens (including phenoxy) is 1. The van der Waals surface area contributed by atoms with Gasteiger partial charge >= 0.3 is 6.18 Å². The summed E-state index contributed by atoms with van der Waals surface area (Å²) >= 11 is 0. The number of aryl methyl sites for hydroxylation is 1. The molecule has 0 saturated carbocycles. The number of aromatic amines is 1. The van der Waals surface area contributed by atoms with Crippen molar-refractivity contribution >= 4 is 18.0 Å². The first-order valence-corrected chi connectivity index (χ1v) is 9.25. The van der Waals surface area contributed by atoms with Crippen LogP contribution in [0.4, 0.5) is 13.2 Å². The monoisotopic (exact) mass is 399 g/mol. The molecule has 1 N–H and O–H groups in total. The van der Waals surface area contributed by atoms with E-state index in [1.54, 1.807) is 14.0 Å². The number of H-pyrrole nitrogens is 1. The maximum absolute atomic E-state index is 12.9. The number of hydrogen-bond donors (Lipinski definition) is 1. The summed E-state index contributed by atoms with van der Waals surface area (Å²) in [5.41, 5.74) is 2.59. The fourth-order valence-electron chi connectivity index (χ4n) is 3.61. The third-order valence-corrected chi connectivity index (χ3v) is 5.14. The van der Waals surface area contributed by atoms with Crippen molar-refractivity contribution in [2.75, 3.05) is 7.11 Å². The van der Waals surface area contributed by atoms with E-state index in [9.17, 15) is 13.2 Å². The van der Waals surface area contributed by atoms with Crippen LogP contribution in [0, 0.1) is 23.5 Å². The maximum atomic E-state index is 12.9. The smallest absolute Gasteiger partial charge is 0.417 e. The molecular formula is C22H20F3N3O. The number of nitrogens with zero attached hydrogens (tertiary/aromatic N) is 2. The predicted octanol–water partition coefficient (Wildman–Crippen LogP) is 3.19. The number of alkyl halides is 3. The van der Waals surface area contributed by atoms with Crippen LogP contribution >= 0.6 is 0 Å². The summed E-state index contributed by atoms with van der Waals surface area (Å²) in [6.07, 6.45) is 2.32. The molecule has 150 valence electrons. The average molecular weight is 399 g/mol. The quantitative estimate of drug-likeness (QED) is 0.801. The molecule has 0 bridgehead atoms. The highest BCUT2D eigenvalue weighted by Crippen LogP contribution is 2.30. The summed E-state index contributed by atoms with van der Waals surface area (Å²) < 4.78 is 44.0. The van der Waals surface area contributed by atoms with E-state index >= 15 is 0 Å². The van der Waals surface area contributed by atoms with Gasteiger partial charge in [-0.25, -0.2) is 4.98 Å². The largest absolute Gasteiger partial charge is 0.497 e. The van der Waals surface area contributed by atoms with Crippen LogP contribution in [0.1, 0.15) is 18.2 Å². The molecule has 0 saturated heterocycles. The Morgan fingerprint density at radius 3 is 2.69 bits per heavy atom. The Balaban J connectivity index is 1.81. The zero-order chi connectivity index (χ0) is 20.8. The number of halogens is 3. The van der Waals surface area contributed by atoms with E-state index in [4.69, 9.17) is 4.74 Å². The number of fused-ring (bicyclic) bond motifs is 1. The lowest BCUT2D eigenvalue weighted by atomic mass is 9.98. The highest BCUT2D eigenvalue weighted by Gasteiger charge is 2.34. The Morgan fingerprint density at radius 2 is 2.03 bits per heavy atom. The van der Waals surface area contributed by atoms with Gasteiger partial charge in [0.2, 0.25) is 0 Å². The van der Waals surface area contributed by atoms with Gasteiger partial charge in [0.05, 0.1) is 29.4 Å². The first kappa shape index (κ1) is 19.2. The summed E-state index contributed by atoms with van der Waals surface area (Å²) in [4.78, 5) is 12.1. The van der Waals surface area contributed by atoms with Gasteiger partial charge in [-0.3, -0.25) is 4.99 Å². The molecule has 1 unspecified atom stereocenters. The minimum Gasteiger partial charge on any atom is -0.497 e. The third-order valence-electron chi connectivity index (χ3n) is 5.14. The second-order valence-corrected chi connectivity index (χ2v) is 7.19. The zero-order valence-electron chi connectivity index (χ0n) is 16.3. The van der Waals surface area contributed by atoms with E-state index in [0.29, 0.717) is 12.1 Å². The fraction of sp³-hybridized carbons (Fsp3) is 0.273. The van der Waals surface area contributed by atoms with Crippen molar-refractivity contribution in [1.29, 1.82) is 0 Å². The Labute approximate surface area is 165 Å². The highest BCUT2D eigenvalue weighted by atomic mass is 19.4. The van der Waals surface area contributed by atoms with Gasteiger partial charge in [-0.1, -0.05) is 25.1 Å². The van der Waals surface area contributed by atoms with Gasteiger partial charge < -0.3 is 9.72 Å². The first-order valence-electron chi connectivity index (χ1n) is 9.25. The molecule has 4 rings (SSSR count). The molecule has 1 atom stereocenters. The van der Waals surface area contributed by atoms with Crippen LogP contribution in [0.5, 0.6) is 0 Å². The maximum Gasteiger partial charge on any atom is 0.417 e. The number of imidazole rings is 1. The van der Waals surface area contributed by atoms with E-state index in [1.165, 1.54) is 6.08 Å². The van der Waals surface area contributed by atoms with Crippen molar-refractivity contribution < 1.29 is 17.9 Å². The molecule has 2 aromatic rings. The normalized spacial score (nSPS) is 21.8. The van der Waals surface area contributed by atoms with Crippen LogP contribution in [0.2, 0.25) is 0 Å². The Bertz CT molecular complexity index is 1280. The highest BCUT2D eigenvalue weighted by molar-refractivity contribution is 5.86. The number of rotatable bonds is 1. The molecule has 7 heteroatoms. The summed E-state index contributed by atoms with van der Waals surface area (Å²) in [6.45, 7) is 3.68. The Kier molecular flexibility index (Phi) is 4.68. The van der Waals surface area contributed by atoms with Crippen molar-refractivity contribution in [1.82, 2.24) is 9.97 Å². The molecule has 1 aliphatic carbocycles. The Morgan fingerprint density at radius 1 is 1.24 bits per heavy atom. The van der Waals surface area contributed by atoms with Gasteiger partial charge in [-0.15, -0.1) is 0 Å². The van der Waals surface area contributed by atoms with Crippen molar-refractivity contribution in [3.8, 4) is 0 Å². The number of benzene rings is 1. The molecule has 0 amide bonds. The molecule has 1 aliphatic heterocycles. The van der Waals surface area contributed by atoms with Crippen LogP contribution in [0.15, 0.2) is 46.7 Å². The van der Waals surface area contributed by atoms with Crippen molar-refractivity contribution in [3.05, 3.63) is 74.2 Å². The number of nitrogens with one attached hydrogen (secondary N) is 1. The van der Waals surface area contributed by atoms with E-state index in [1.807, 2.05) is 37.3 Å². The molecule has 1 aromatic heterocycles. The van der Waals surface area contributed by atoms with E-state index in [2.05, 4.69) is 15.0 Å². The molecule has 0 radical (unpaired) electrons. The molecule has 0 spiro atoms. The lowest BCUT2D eigenvalue weighted by molar-refractivity contribution is -0.0860. The summed E-state index contributed by atoms with van der Waals surface area (Å²) in [5.74, 6) is 0.373. The van der Waals surface area contributed by atoms with Gasteiger partial charge in [-0.05, 0) is 29.8 Å². The molecular weight excluding hydrogens is 379 g/mol. The number of aromatic nitrogens is 2. The van der Waals surface area contributed by atoms with Crippen LogP contribution in [-0.2, 0) is 11.2 Å². The van der Waals surface area contributed by atoms with Gasteiger partial charge in [0.15, 0.2) is 0 Å². The summed E-state index contributed by atoms with van der Waals surface area (Å²) in [6, 6.07) is 5.74. The second kappa shape index (κ2) is 7.06. The molecule has 1 aromatic carbocycles. The standard InChI is InChI=1S/C22H20F3N3O/c1-12-8-14(20-13(2)9-15(11-26-20)22(23,24)25)4-6-17(12)21-27-18-7-5-16(29-3)10-19(18)28-21/h4-6,8-11,13,28H,7H2,1-3H3. The van der Waals surface area contributed by atoms with E-state index in [0.717, 1.165) is 44.5 Å². The topological polar surface area (TPSA) is 50.3 Å². The second-order valence-electron chi connectivity index (χ2n) is 7.19. The number of aliphatic imine (C=N–C) groups is 1. The van der Waals surface area contributed by atoms with Gasteiger partial charge in [0.1, 0.15) is 11.2 Å². The van der Waals surface area contributed by atoms with Crippen molar-refractivity contribution in [2.24, 2.45) is 10.9 Å². The van der Waals surface area contributed by atoms with Crippen molar-refractivity contribution in [2.45, 2.75) is 26.4 Å². The summed E-state index contributed by atoms with van der Waals surface area (Å²) in [5, 5.41) is 2.67. The minimum atomic E-state index is -4.38. The lowest BCUT2D eigenvalue weighted by Crippen LogP contribution is -2.20. The Hall–Kier alpha value is -3.09. The van der Waals surface area contributed by atoms with Crippen LogP contribution < -0.4 is 10.6 Å². The molecule has 0 fully saturated rings. The summed E-state index contributed by atoms with van der Waals surface area (Å²) in [7, 11) is 1.63. The fourth-order valence-corrected chi connectivity index (χ4v) is 3.61. The van der Waals surface area contributed by atoms with Gasteiger partial charge in [-0.2, -0.15) is 13.2 Å². The number of dihydropyridines is 1. The number of allylic oxidation sites excluding steroid dienone is 3. The number of methoxy groups -OCH3 is 1. The first-order chi connectivity index (χ1) is 13.8. The SMILES string of the molecule is COC1=CCc2nc(=c3ccc(=C4N=CC(C(F)(F)F)=CC4C)cc3C)[nH]c2=C1.